The van der Waals surface area contributed by atoms with Crippen molar-refractivity contribution in [1.82, 2.24) is 9.55 Å². The molecule has 1 aromatic heterocycles. The summed E-state index contributed by atoms with van der Waals surface area (Å²) in [6.07, 6.45) is 4.15. The van der Waals surface area contributed by atoms with Gasteiger partial charge in [-0.2, -0.15) is 0 Å². The highest BCUT2D eigenvalue weighted by Gasteiger charge is 2.11. The second-order valence-corrected chi connectivity index (χ2v) is 4.87. The van der Waals surface area contributed by atoms with Crippen molar-refractivity contribution >= 4 is 23.8 Å². The van der Waals surface area contributed by atoms with Crippen LogP contribution in [-0.2, 0) is 16.6 Å². The van der Waals surface area contributed by atoms with Crippen molar-refractivity contribution < 1.29 is 9.53 Å². The Labute approximate surface area is 121 Å². The number of ether oxygens (including phenoxy) is 1. The fourth-order valence-electron chi connectivity index (χ4n) is 1.39. The lowest BCUT2D eigenvalue weighted by molar-refractivity contribution is -0.138. The molecule has 0 amide bonds. The largest absolute Gasteiger partial charge is 0.462 e. The molecule has 0 aliphatic rings. The number of aromatic nitrogens is 2. The Hall–Kier alpha value is -1.92. The zero-order valence-electron chi connectivity index (χ0n) is 11.7. The van der Waals surface area contributed by atoms with Gasteiger partial charge in [-0.25, -0.2) is 9.78 Å². The number of esters is 1. The third kappa shape index (κ3) is 4.32. The smallest absolute Gasteiger partial charge is 0.340 e. The third-order valence-corrected chi connectivity index (χ3v) is 3.59. The summed E-state index contributed by atoms with van der Waals surface area (Å²) in [5, 5.41) is 4.22. The van der Waals surface area contributed by atoms with E-state index in [-0.39, 0.29) is 12.3 Å². The first kappa shape index (κ1) is 16.1. The number of rotatable bonds is 7. The summed E-state index contributed by atoms with van der Waals surface area (Å²) in [5.41, 5.74) is 9.11. The maximum atomic E-state index is 11.6. The standard InChI is InChI=1S/C12H17N5O2S/c1-4-6-20-12-14-8-9(17(12)3)7-10(15-16-13)11(18)19-5-2/h7-8H,4-6H2,1-3H3/b10-7-. The molecule has 1 heterocycles. The molecule has 0 atom stereocenters. The van der Waals surface area contributed by atoms with Gasteiger partial charge in [0.05, 0.1) is 18.5 Å². The number of nitrogens with zero attached hydrogens (tertiary/aromatic N) is 5. The molecule has 0 fully saturated rings. The van der Waals surface area contributed by atoms with Gasteiger partial charge < -0.3 is 9.30 Å². The molecule has 0 N–H and O–H groups in total. The molecule has 0 saturated heterocycles. The zero-order valence-corrected chi connectivity index (χ0v) is 12.6. The molecular formula is C12H17N5O2S. The molecule has 7 nitrogen and oxygen atoms in total. The third-order valence-electron chi connectivity index (χ3n) is 2.34. The Morgan fingerprint density at radius 1 is 1.65 bits per heavy atom. The van der Waals surface area contributed by atoms with Crippen LogP contribution in [0, 0.1) is 0 Å². The summed E-state index contributed by atoms with van der Waals surface area (Å²) >= 11 is 1.63. The minimum absolute atomic E-state index is 0.0793. The van der Waals surface area contributed by atoms with Crippen LogP contribution in [0.4, 0.5) is 0 Å². The Morgan fingerprint density at radius 3 is 3.00 bits per heavy atom. The molecule has 1 aromatic rings. The van der Waals surface area contributed by atoms with Crippen molar-refractivity contribution in [2.45, 2.75) is 25.4 Å². The van der Waals surface area contributed by atoms with E-state index >= 15 is 0 Å². The van der Waals surface area contributed by atoms with Gasteiger partial charge in [0.25, 0.3) is 0 Å². The molecule has 108 valence electrons. The van der Waals surface area contributed by atoms with Gasteiger partial charge in [-0.1, -0.05) is 23.8 Å². The number of azide groups is 1. The summed E-state index contributed by atoms with van der Waals surface area (Å²) in [4.78, 5) is 18.5. The lowest BCUT2D eigenvalue weighted by Crippen LogP contribution is -2.06. The van der Waals surface area contributed by atoms with Crippen LogP contribution < -0.4 is 0 Å². The van der Waals surface area contributed by atoms with Crippen LogP contribution in [0.2, 0.25) is 0 Å². The zero-order chi connectivity index (χ0) is 15.0. The highest BCUT2D eigenvalue weighted by atomic mass is 32.2. The number of hydrogen-bond donors (Lipinski definition) is 0. The minimum atomic E-state index is -0.644. The summed E-state index contributed by atoms with van der Waals surface area (Å²) in [5.74, 6) is 0.323. The highest BCUT2D eigenvalue weighted by molar-refractivity contribution is 7.99. The Kier molecular flexibility index (Phi) is 6.69. The Bertz CT molecular complexity index is 546. The van der Waals surface area contributed by atoms with Gasteiger partial charge in [-0.3, -0.25) is 0 Å². The first-order valence-electron chi connectivity index (χ1n) is 6.22. The first-order valence-corrected chi connectivity index (χ1v) is 7.21. The predicted octanol–water partition coefficient (Wildman–Crippen LogP) is 3.14. The second-order valence-electron chi connectivity index (χ2n) is 3.81. The molecule has 0 aliphatic heterocycles. The van der Waals surface area contributed by atoms with E-state index in [1.54, 1.807) is 24.9 Å². The second kappa shape index (κ2) is 8.29. The van der Waals surface area contributed by atoms with Crippen molar-refractivity contribution in [1.29, 1.82) is 0 Å². The van der Waals surface area contributed by atoms with Gasteiger partial charge in [-0.15, -0.1) is 0 Å². The summed E-state index contributed by atoms with van der Waals surface area (Å²) < 4.78 is 6.67. The van der Waals surface area contributed by atoms with E-state index in [2.05, 4.69) is 21.9 Å². The monoisotopic (exact) mass is 295 g/mol. The fourth-order valence-corrected chi connectivity index (χ4v) is 2.20. The molecule has 0 aliphatic carbocycles. The summed E-state index contributed by atoms with van der Waals surface area (Å²) in [7, 11) is 1.84. The molecule has 0 spiro atoms. The average Bonchev–Trinajstić information content (AvgIpc) is 2.77. The van der Waals surface area contributed by atoms with Crippen LogP contribution in [0.5, 0.6) is 0 Å². The lowest BCUT2D eigenvalue weighted by atomic mass is 10.3. The molecule has 8 heteroatoms. The van der Waals surface area contributed by atoms with E-state index in [0.29, 0.717) is 5.69 Å². The normalized spacial score (nSPS) is 11.1. The Balaban J connectivity index is 3.02. The van der Waals surface area contributed by atoms with Crippen molar-refractivity contribution in [3.05, 3.63) is 28.0 Å². The summed E-state index contributed by atoms with van der Waals surface area (Å²) in [6.45, 7) is 4.01. The average molecular weight is 295 g/mol. The summed E-state index contributed by atoms with van der Waals surface area (Å²) in [6, 6.07) is 0. The van der Waals surface area contributed by atoms with Crippen LogP contribution >= 0.6 is 11.8 Å². The van der Waals surface area contributed by atoms with E-state index in [9.17, 15) is 4.79 Å². The van der Waals surface area contributed by atoms with Gasteiger partial charge in [0.2, 0.25) is 0 Å². The first-order chi connectivity index (χ1) is 9.63. The van der Waals surface area contributed by atoms with E-state index in [1.165, 1.54) is 6.08 Å². The molecule has 0 aromatic carbocycles. The lowest BCUT2D eigenvalue weighted by Gasteiger charge is -2.04. The quantitative estimate of drug-likeness (QED) is 0.193. The molecular weight excluding hydrogens is 278 g/mol. The molecule has 0 bridgehead atoms. The van der Waals surface area contributed by atoms with E-state index < -0.39 is 5.97 Å². The molecule has 1 rings (SSSR count). The highest BCUT2D eigenvalue weighted by Crippen LogP contribution is 2.19. The van der Waals surface area contributed by atoms with Crippen LogP contribution in [-0.4, -0.2) is 27.9 Å². The van der Waals surface area contributed by atoms with Crippen LogP contribution in [0.1, 0.15) is 26.0 Å². The SMILES string of the molecule is CCCSc1ncc(/C=C(\N=[N+]=[N-])C(=O)OCC)n1C. The van der Waals surface area contributed by atoms with Gasteiger partial charge >= 0.3 is 5.97 Å². The fraction of sp³-hybridized carbons (Fsp3) is 0.500. The van der Waals surface area contributed by atoms with E-state index in [1.807, 2.05) is 11.6 Å². The van der Waals surface area contributed by atoms with Crippen LogP contribution in [0.25, 0.3) is 16.5 Å². The maximum absolute atomic E-state index is 11.6. The van der Waals surface area contributed by atoms with Gasteiger partial charge in [0, 0.05) is 17.7 Å². The van der Waals surface area contributed by atoms with E-state index in [0.717, 1.165) is 17.3 Å². The van der Waals surface area contributed by atoms with Crippen molar-refractivity contribution in [3.63, 3.8) is 0 Å². The number of carbonyl (C=O) groups excluding carboxylic acids is 1. The maximum Gasteiger partial charge on any atom is 0.340 e. The minimum Gasteiger partial charge on any atom is -0.462 e. The number of carbonyl (C=O) groups is 1. The van der Waals surface area contributed by atoms with E-state index in [4.69, 9.17) is 10.3 Å². The van der Waals surface area contributed by atoms with Crippen molar-refractivity contribution in [2.24, 2.45) is 12.2 Å². The number of hydrogen-bond acceptors (Lipinski definition) is 5. The molecule has 0 saturated carbocycles. The van der Waals surface area contributed by atoms with Gasteiger partial charge in [-0.05, 0) is 25.0 Å². The van der Waals surface area contributed by atoms with Crippen molar-refractivity contribution in [2.75, 3.05) is 12.4 Å². The topological polar surface area (TPSA) is 92.9 Å². The van der Waals surface area contributed by atoms with Gasteiger partial charge in [0.15, 0.2) is 5.16 Å². The molecule has 0 radical (unpaired) electrons. The predicted molar refractivity (Wildman–Crippen MR) is 78.0 cm³/mol. The Morgan fingerprint density at radius 2 is 2.40 bits per heavy atom. The molecule has 0 unspecified atom stereocenters. The van der Waals surface area contributed by atoms with Gasteiger partial charge in [0.1, 0.15) is 5.70 Å². The molecule has 20 heavy (non-hydrogen) atoms. The number of imidazole rings is 1. The van der Waals surface area contributed by atoms with Crippen LogP contribution in [0.3, 0.4) is 0 Å². The number of thioether (sulfide) groups is 1. The van der Waals surface area contributed by atoms with Crippen molar-refractivity contribution in [3.8, 4) is 0 Å². The van der Waals surface area contributed by atoms with Crippen LogP contribution in [0.15, 0.2) is 22.2 Å².